The molecule has 0 spiro atoms. The molecule has 1 saturated carbocycles. The number of benzene rings is 1. The summed E-state index contributed by atoms with van der Waals surface area (Å²) >= 11 is 1.84. The van der Waals surface area contributed by atoms with E-state index in [9.17, 15) is 4.79 Å². The Hall–Kier alpha value is -1.00. The predicted molar refractivity (Wildman–Crippen MR) is 76.6 cm³/mol. The van der Waals surface area contributed by atoms with Crippen molar-refractivity contribution in [3.8, 4) is 0 Å². The zero-order valence-corrected chi connectivity index (χ0v) is 11.5. The normalized spacial score (nSPS) is 18.1. The smallest absolute Gasteiger partial charge is 0.237 e. The maximum Gasteiger partial charge on any atom is 0.237 e. The number of thioether (sulfide) groups is 1. The van der Waals surface area contributed by atoms with Crippen molar-refractivity contribution in [2.24, 2.45) is 5.73 Å². The lowest BCUT2D eigenvalue weighted by Gasteiger charge is -2.16. The minimum absolute atomic E-state index is 0.0424. The topological polar surface area (TPSA) is 55.1 Å². The number of nitrogens with two attached hydrogens (primary N) is 1. The van der Waals surface area contributed by atoms with Gasteiger partial charge in [0.25, 0.3) is 0 Å². The molecule has 1 aliphatic rings. The zero-order chi connectivity index (χ0) is 13.0. The van der Waals surface area contributed by atoms with Gasteiger partial charge in [-0.05, 0) is 31.1 Å². The van der Waals surface area contributed by atoms with E-state index in [0.29, 0.717) is 11.2 Å². The van der Waals surface area contributed by atoms with Crippen molar-refractivity contribution in [3.05, 3.63) is 35.9 Å². The molecule has 0 aliphatic heterocycles. The van der Waals surface area contributed by atoms with Gasteiger partial charge in [0.05, 0.1) is 6.04 Å². The summed E-state index contributed by atoms with van der Waals surface area (Å²) in [7, 11) is 0. The number of carbonyl (C=O) groups is 1. The highest BCUT2D eigenvalue weighted by Crippen LogP contribution is 2.46. The molecule has 3 N–H and O–H groups in total. The first kappa shape index (κ1) is 13.4. The first-order chi connectivity index (χ1) is 8.65. The molecule has 0 radical (unpaired) electrons. The van der Waals surface area contributed by atoms with E-state index in [4.69, 9.17) is 5.73 Å². The van der Waals surface area contributed by atoms with E-state index in [-0.39, 0.29) is 5.91 Å². The lowest BCUT2D eigenvalue weighted by atomic mass is 10.1. The van der Waals surface area contributed by atoms with Crippen LogP contribution in [0.2, 0.25) is 0 Å². The molecule has 0 saturated heterocycles. The SMILES string of the molecule is CSC1(CNC(=O)[C@H](N)Cc2ccccc2)CC1. The molecule has 0 heterocycles. The van der Waals surface area contributed by atoms with Gasteiger partial charge >= 0.3 is 0 Å². The summed E-state index contributed by atoms with van der Waals surface area (Å²) in [5, 5.41) is 2.97. The van der Waals surface area contributed by atoms with E-state index >= 15 is 0 Å². The highest BCUT2D eigenvalue weighted by atomic mass is 32.2. The summed E-state index contributed by atoms with van der Waals surface area (Å²) in [5.41, 5.74) is 7.02. The van der Waals surface area contributed by atoms with Crippen LogP contribution in [-0.4, -0.2) is 29.5 Å². The molecule has 1 amide bonds. The van der Waals surface area contributed by atoms with E-state index in [1.807, 2.05) is 42.1 Å². The van der Waals surface area contributed by atoms with Gasteiger partial charge in [-0.3, -0.25) is 4.79 Å². The van der Waals surface area contributed by atoms with Gasteiger partial charge in [0.15, 0.2) is 0 Å². The van der Waals surface area contributed by atoms with Crippen molar-refractivity contribution >= 4 is 17.7 Å². The van der Waals surface area contributed by atoms with Crippen molar-refractivity contribution < 1.29 is 4.79 Å². The van der Waals surface area contributed by atoms with E-state index in [1.165, 1.54) is 12.8 Å². The first-order valence-corrected chi connectivity index (χ1v) is 7.50. The van der Waals surface area contributed by atoms with Crippen LogP contribution in [0.25, 0.3) is 0 Å². The molecule has 18 heavy (non-hydrogen) atoms. The van der Waals surface area contributed by atoms with E-state index in [2.05, 4.69) is 11.6 Å². The van der Waals surface area contributed by atoms with Crippen LogP contribution in [0.5, 0.6) is 0 Å². The molecule has 1 aromatic carbocycles. The zero-order valence-electron chi connectivity index (χ0n) is 10.7. The quantitative estimate of drug-likeness (QED) is 0.820. The third-order valence-corrected chi connectivity index (χ3v) is 4.88. The van der Waals surface area contributed by atoms with Crippen LogP contribution in [0.1, 0.15) is 18.4 Å². The monoisotopic (exact) mass is 264 g/mol. The molecule has 3 nitrogen and oxygen atoms in total. The fraction of sp³-hybridized carbons (Fsp3) is 0.500. The molecule has 1 atom stereocenters. The lowest BCUT2D eigenvalue weighted by molar-refractivity contribution is -0.122. The molecule has 98 valence electrons. The summed E-state index contributed by atoms with van der Waals surface area (Å²) in [6, 6.07) is 9.43. The van der Waals surface area contributed by atoms with Crippen molar-refractivity contribution in [1.82, 2.24) is 5.32 Å². The maximum absolute atomic E-state index is 11.9. The average molecular weight is 264 g/mol. The van der Waals surface area contributed by atoms with Crippen LogP contribution >= 0.6 is 11.8 Å². The molecule has 1 aliphatic carbocycles. The Balaban J connectivity index is 1.78. The van der Waals surface area contributed by atoms with E-state index in [1.54, 1.807) is 0 Å². The molecule has 4 heteroatoms. The standard InChI is InChI=1S/C14H20N2OS/c1-18-14(7-8-14)10-16-13(17)12(15)9-11-5-3-2-4-6-11/h2-6,12H,7-10,15H2,1H3,(H,16,17)/t12-/m1/s1. The minimum atomic E-state index is -0.454. The molecule has 1 fully saturated rings. The highest BCUT2D eigenvalue weighted by Gasteiger charge is 2.42. The summed E-state index contributed by atoms with van der Waals surface area (Å²) in [5.74, 6) is -0.0424. The summed E-state index contributed by atoms with van der Waals surface area (Å²) < 4.78 is 0.294. The van der Waals surface area contributed by atoms with Gasteiger partial charge in [0.2, 0.25) is 5.91 Å². The van der Waals surface area contributed by atoms with E-state index in [0.717, 1.165) is 12.1 Å². The molecule has 0 unspecified atom stereocenters. The number of nitrogens with one attached hydrogen (secondary N) is 1. The van der Waals surface area contributed by atoms with Gasteiger partial charge in [-0.1, -0.05) is 30.3 Å². The number of carbonyl (C=O) groups excluding carboxylic acids is 1. The fourth-order valence-corrected chi connectivity index (χ4v) is 2.66. The largest absolute Gasteiger partial charge is 0.353 e. The van der Waals surface area contributed by atoms with Crippen LogP contribution in [0.15, 0.2) is 30.3 Å². The second-order valence-electron chi connectivity index (χ2n) is 4.90. The second kappa shape index (κ2) is 5.76. The number of hydrogen-bond acceptors (Lipinski definition) is 3. The molecule has 2 rings (SSSR count). The summed E-state index contributed by atoms with van der Waals surface area (Å²) in [6.07, 6.45) is 5.09. The Morgan fingerprint density at radius 1 is 1.44 bits per heavy atom. The minimum Gasteiger partial charge on any atom is -0.353 e. The summed E-state index contributed by atoms with van der Waals surface area (Å²) in [4.78, 5) is 11.9. The first-order valence-electron chi connectivity index (χ1n) is 6.28. The van der Waals surface area contributed by atoms with Crippen LogP contribution in [0.4, 0.5) is 0 Å². The Bertz CT molecular complexity index is 404. The summed E-state index contributed by atoms with van der Waals surface area (Å²) in [6.45, 7) is 0.746. The molecule has 1 aromatic rings. The average Bonchev–Trinajstić information content (AvgIpc) is 3.18. The van der Waals surface area contributed by atoms with Crippen molar-refractivity contribution in [3.63, 3.8) is 0 Å². The van der Waals surface area contributed by atoms with Gasteiger partial charge in [-0.15, -0.1) is 0 Å². The maximum atomic E-state index is 11.9. The fourth-order valence-electron chi connectivity index (χ4n) is 1.93. The third kappa shape index (κ3) is 3.50. The Morgan fingerprint density at radius 3 is 2.67 bits per heavy atom. The van der Waals surface area contributed by atoms with Crippen molar-refractivity contribution in [2.45, 2.75) is 30.1 Å². The van der Waals surface area contributed by atoms with Gasteiger partial charge in [-0.25, -0.2) is 0 Å². The van der Waals surface area contributed by atoms with Gasteiger partial charge in [0, 0.05) is 11.3 Å². The Kier molecular flexibility index (Phi) is 4.30. The van der Waals surface area contributed by atoms with Gasteiger partial charge in [0.1, 0.15) is 0 Å². The van der Waals surface area contributed by atoms with Crippen LogP contribution in [0.3, 0.4) is 0 Å². The lowest BCUT2D eigenvalue weighted by Crippen LogP contribution is -2.44. The molecular formula is C14H20N2OS. The van der Waals surface area contributed by atoms with Crippen LogP contribution in [0, 0.1) is 0 Å². The van der Waals surface area contributed by atoms with Gasteiger partial charge < -0.3 is 11.1 Å². The second-order valence-corrected chi connectivity index (χ2v) is 6.18. The van der Waals surface area contributed by atoms with Gasteiger partial charge in [-0.2, -0.15) is 11.8 Å². The Labute approximate surface area is 113 Å². The Morgan fingerprint density at radius 2 is 2.11 bits per heavy atom. The van der Waals surface area contributed by atoms with Crippen LogP contribution in [-0.2, 0) is 11.2 Å². The van der Waals surface area contributed by atoms with Crippen molar-refractivity contribution in [2.75, 3.05) is 12.8 Å². The highest BCUT2D eigenvalue weighted by molar-refractivity contribution is 8.00. The van der Waals surface area contributed by atoms with E-state index < -0.39 is 6.04 Å². The number of amides is 1. The van der Waals surface area contributed by atoms with Crippen LogP contribution < -0.4 is 11.1 Å². The van der Waals surface area contributed by atoms with Crippen molar-refractivity contribution in [1.29, 1.82) is 0 Å². The molecular weight excluding hydrogens is 244 g/mol. The molecule has 0 aromatic heterocycles. The molecule has 0 bridgehead atoms. The third-order valence-electron chi connectivity index (χ3n) is 3.46. The number of hydrogen-bond donors (Lipinski definition) is 2. The number of rotatable bonds is 6. The predicted octanol–water partition coefficient (Wildman–Crippen LogP) is 1.57.